The highest BCUT2D eigenvalue weighted by Crippen LogP contribution is 2.17. The first-order valence-corrected chi connectivity index (χ1v) is 6.58. The molecule has 0 radical (unpaired) electrons. The van der Waals surface area contributed by atoms with Gasteiger partial charge < -0.3 is 5.73 Å². The van der Waals surface area contributed by atoms with Gasteiger partial charge in [0.05, 0.1) is 6.21 Å². The van der Waals surface area contributed by atoms with E-state index in [4.69, 9.17) is 5.73 Å². The minimum atomic E-state index is 0.507. The van der Waals surface area contributed by atoms with E-state index in [0.717, 1.165) is 15.6 Å². The summed E-state index contributed by atoms with van der Waals surface area (Å²) in [7, 11) is 0. The van der Waals surface area contributed by atoms with Crippen LogP contribution in [0.25, 0.3) is 0 Å². The molecule has 3 N–H and O–H groups in total. The molecule has 0 saturated heterocycles. The Kier molecular flexibility index (Phi) is 3.75. The van der Waals surface area contributed by atoms with Crippen LogP contribution in [0.3, 0.4) is 0 Å². The molecular formula is C11H11BrN4S. The molecule has 0 spiro atoms. The van der Waals surface area contributed by atoms with Gasteiger partial charge in [-0.3, -0.25) is 5.43 Å². The lowest BCUT2D eigenvalue weighted by atomic mass is 10.1. The van der Waals surface area contributed by atoms with Gasteiger partial charge in [-0.05, 0) is 30.2 Å². The molecule has 0 amide bonds. The van der Waals surface area contributed by atoms with Crippen molar-refractivity contribution in [2.24, 2.45) is 5.10 Å². The summed E-state index contributed by atoms with van der Waals surface area (Å²) in [5.74, 6) is 0.507. The second kappa shape index (κ2) is 5.29. The van der Waals surface area contributed by atoms with Gasteiger partial charge in [0.15, 0.2) is 0 Å². The first kappa shape index (κ1) is 12.1. The third-order valence-electron chi connectivity index (χ3n) is 2.12. The third-order valence-corrected chi connectivity index (χ3v) is 3.38. The van der Waals surface area contributed by atoms with Crippen LogP contribution in [0.4, 0.5) is 10.9 Å². The number of hydrogen-bond acceptors (Lipinski definition) is 5. The zero-order valence-corrected chi connectivity index (χ0v) is 11.5. The Morgan fingerprint density at radius 2 is 2.35 bits per heavy atom. The largest absolute Gasteiger partial charge is 0.383 e. The van der Waals surface area contributed by atoms with E-state index in [1.807, 2.05) is 25.1 Å². The SMILES string of the molecule is Cc1cc(Br)ccc1C=NNc1nc(N)cs1. The molecule has 1 aromatic carbocycles. The van der Waals surface area contributed by atoms with Gasteiger partial charge in [0, 0.05) is 9.85 Å². The van der Waals surface area contributed by atoms with Crippen molar-refractivity contribution in [1.82, 2.24) is 4.98 Å². The fourth-order valence-electron chi connectivity index (χ4n) is 1.28. The molecule has 0 unspecified atom stereocenters. The Morgan fingerprint density at radius 3 is 3.00 bits per heavy atom. The highest BCUT2D eigenvalue weighted by Gasteiger charge is 1.97. The van der Waals surface area contributed by atoms with Crippen molar-refractivity contribution in [3.05, 3.63) is 39.2 Å². The van der Waals surface area contributed by atoms with Crippen LogP contribution in [-0.2, 0) is 0 Å². The molecule has 0 saturated carbocycles. The van der Waals surface area contributed by atoms with Crippen LogP contribution in [0, 0.1) is 6.92 Å². The molecule has 0 aliphatic rings. The second-order valence-corrected chi connectivity index (χ2v) is 5.22. The molecule has 1 aromatic heterocycles. The highest BCUT2D eigenvalue weighted by molar-refractivity contribution is 9.10. The van der Waals surface area contributed by atoms with Gasteiger partial charge in [-0.15, -0.1) is 11.3 Å². The molecule has 88 valence electrons. The first-order valence-electron chi connectivity index (χ1n) is 4.91. The predicted molar refractivity (Wildman–Crippen MR) is 76.6 cm³/mol. The van der Waals surface area contributed by atoms with E-state index in [0.29, 0.717) is 10.9 Å². The van der Waals surface area contributed by atoms with Crippen LogP contribution in [0.5, 0.6) is 0 Å². The van der Waals surface area contributed by atoms with Crippen molar-refractivity contribution < 1.29 is 0 Å². The van der Waals surface area contributed by atoms with Gasteiger partial charge in [0.25, 0.3) is 0 Å². The Labute approximate surface area is 112 Å². The lowest BCUT2D eigenvalue weighted by molar-refractivity contribution is 1.29. The summed E-state index contributed by atoms with van der Waals surface area (Å²) < 4.78 is 1.06. The van der Waals surface area contributed by atoms with Crippen molar-refractivity contribution in [2.75, 3.05) is 11.2 Å². The molecule has 1 heterocycles. The minimum Gasteiger partial charge on any atom is -0.383 e. The van der Waals surface area contributed by atoms with E-state index in [2.05, 4.69) is 31.4 Å². The van der Waals surface area contributed by atoms with E-state index >= 15 is 0 Å². The van der Waals surface area contributed by atoms with Crippen LogP contribution in [0.15, 0.2) is 33.2 Å². The lowest BCUT2D eigenvalue weighted by Crippen LogP contribution is -1.92. The smallest absolute Gasteiger partial charge is 0.205 e. The number of rotatable bonds is 3. The normalized spacial score (nSPS) is 10.9. The van der Waals surface area contributed by atoms with E-state index in [1.165, 1.54) is 11.3 Å². The quantitative estimate of drug-likeness (QED) is 0.675. The van der Waals surface area contributed by atoms with Crippen molar-refractivity contribution >= 4 is 44.4 Å². The number of anilines is 2. The molecule has 0 fully saturated rings. The summed E-state index contributed by atoms with van der Waals surface area (Å²) in [6.07, 6.45) is 1.76. The first-order chi connectivity index (χ1) is 8.15. The zero-order chi connectivity index (χ0) is 12.3. The number of aryl methyl sites for hydroxylation is 1. The fraction of sp³-hybridized carbons (Fsp3) is 0.0909. The molecule has 0 bridgehead atoms. The molecule has 6 heteroatoms. The summed E-state index contributed by atoms with van der Waals surface area (Å²) in [4.78, 5) is 4.04. The number of thiazole rings is 1. The molecule has 0 aliphatic heterocycles. The number of hydrogen-bond donors (Lipinski definition) is 2. The van der Waals surface area contributed by atoms with E-state index < -0.39 is 0 Å². The van der Waals surface area contributed by atoms with Crippen molar-refractivity contribution in [3.63, 3.8) is 0 Å². The van der Waals surface area contributed by atoms with E-state index in [9.17, 15) is 0 Å². The molecule has 0 atom stereocenters. The van der Waals surface area contributed by atoms with Gasteiger partial charge >= 0.3 is 0 Å². The highest BCUT2D eigenvalue weighted by atomic mass is 79.9. The third kappa shape index (κ3) is 3.28. The van der Waals surface area contributed by atoms with Crippen LogP contribution in [-0.4, -0.2) is 11.2 Å². The fourth-order valence-corrected chi connectivity index (χ4v) is 2.30. The number of benzene rings is 1. The number of nitrogens with zero attached hydrogens (tertiary/aromatic N) is 2. The number of nitrogen functional groups attached to an aromatic ring is 1. The van der Waals surface area contributed by atoms with Crippen LogP contribution < -0.4 is 11.2 Å². The van der Waals surface area contributed by atoms with Crippen molar-refractivity contribution in [3.8, 4) is 0 Å². The van der Waals surface area contributed by atoms with Crippen LogP contribution in [0.1, 0.15) is 11.1 Å². The molecule has 2 aromatic rings. The zero-order valence-electron chi connectivity index (χ0n) is 9.14. The monoisotopic (exact) mass is 310 g/mol. The lowest BCUT2D eigenvalue weighted by Gasteiger charge is -2.00. The Bertz CT molecular complexity index is 550. The number of hydrazone groups is 1. The number of aromatic nitrogens is 1. The van der Waals surface area contributed by atoms with Gasteiger partial charge in [-0.25, -0.2) is 4.98 Å². The van der Waals surface area contributed by atoms with Gasteiger partial charge in [0.1, 0.15) is 5.82 Å². The van der Waals surface area contributed by atoms with Gasteiger partial charge in [-0.2, -0.15) is 5.10 Å². The van der Waals surface area contributed by atoms with Gasteiger partial charge in [0.2, 0.25) is 5.13 Å². The predicted octanol–water partition coefficient (Wildman–Crippen LogP) is 3.24. The molecule has 0 aliphatic carbocycles. The topological polar surface area (TPSA) is 63.3 Å². The average molecular weight is 311 g/mol. The summed E-state index contributed by atoms with van der Waals surface area (Å²) in [5.41, 5.74) is 10.6. The Morgan fingerprint density at radius 1 is 1.53 bits per heavy atom. The maximum absolute atomic E-state index is 5.50. The van der Waals surface area contributed by atoms with E-state index in [1.54, 1.807) is 11.6 Å². The average Bonchev–Trinajstić information content (AvgIpc) is 2.68. The summed E-state index contributed by atoms with van der Waals surface area (Å²) in [6.45, 7) is 2.04. The van der Waals surface area contributed by atoms with Crippen LogP contribution in [0.2, 0.25) is 0 Å². The molecule has 17 heavy (non-hydrogen) atoms. The summed E-state index contributed by atoms with van der Waals surface area (Å²) >= 11 is 4.84. The number of nitrogens with two attached hydrogens (primary N) is 1. The van der Waals surface area contributed by atoms with Crippen molar-refractivity contribution in [2.45, 2.75) is 6.92 Å². The molecule has 2 rings (SSSR count). The molecule has 4 nitrogen and oxygen atoms in total. The standard InChI is InChI=1S/C11H11BrN4S/c1-7-4-9(12)3-2-8(7)5-14-16-11-15-10(13)6-17-11/h2-6H,13H2,1H3,(H,15,16). The summed E-state index contributed by atoms with van der Waals surface area (Å²) in [5, 5.41) is 6.57. The summed E-state index contributed by atoms with van der Waals surface area (Å²) in [6, 6.07) is 6.03. The second-order valence-electron chi connectivity index (χ2n) is 3.45. The van der Waals surface area contributed by atoms with Crippen LogP contribution >= 0.6 is 27.3 Å². The Balaban J connectivity index is 2.05. The minimum absolute atomic E-state index is 0.507. The maximum atomic E-state index is 5.50. The van der Waals surface area contributed by atoms with Crippen molar-refractivity contribution in [1.29, 1.82) is 0 Å². The van der Waals surface area contributed by atoms with Gasteiger partial charge in [-0.1, -0.05) is 22.0 Å². The number of nitrogens with one attached hydrogen (secondary N) is 1. The maximum Gasteiger partial charge on any atom is 0.205 e. The van der Waals surface area contributed by atoms with E-state index in [-0.39, 0.29) is 0 Å². The number of halogens is 1. The Hall–Kier alpha value is -1.40. The molecular weight excluding hydrogens is 300 g/mol.